The summed E-state index contributed by atoms with van der Waals surface area (Å²) in [6, 6.07) is 7.18. The molecule has 1 aromatic rings. The average Bonchev–Trinajstić information content (AvgIpc) is 2.40. The molecule has 0 unspecified atom stereocenters. The zero-order valence-electron chi connectivity index (χ0n) is 10.5. The average molecular weight is 248 g/mol. The summed E-state index contributed by atoms with van der Waals surface area (Å²) in [5.41, 5.74) is 1.26. The van der Waals surface area contributed by atoms with Gasteiger partial charge in [0.25, 0.3) is 0 Å². The maximum Gasteiger partial charge on any atom is 0.336 e. The van der Waals surface area contributed by atoms with Crippen molar-refractivity contribution in [1.29, 1.82) is 0 Å². The van der Waals surface area contributed by atoms with Gasteiger partial charge in [-0.2, -0.15) is 0 Å². The first-order valence-corrected chi connectivity index (χ1v) is 6.50. The monoisotopic (exact) mass is 248 g/mol. The van der Waals surface area contributed by atoms with Gasteiger partial charge >= 0.3 is 5.97 Å². The van der Waals surface area contributed by atoms with E-state index < -0.39 is 5.97 Å². The molecule has 1 aliphatic heterocycles. The molecule has 0 aromatic heterocycles. The van der Waals surface area contributed by atoms with E-state index in [9.17, 15) is 4.79 Å². The third-order valence-electron chi connectivity index (χ3n) is 3.45. The molecule has 0 atom stereocenters. The van der Waals surface area contributed by atoms with Crippen LogP contribution in [0.2, 0.25) is 0 Å². The largest absolute Gasteiger partial charge is 0.478 e. The molecule has 0 radical (unpaired) electrons. The van der Waals surface area contributed by atoms with Crippen LogP contribution in [0.3, 0.4) is 0 Å². The van der Waals surface area contributed by atoms with Crippen LogP contribution in [0.5, 0.6) is 0 Å². The number of carboxylic acids is 1. The predicted octanol–water partition coefficient (Wildman–Crippen LogP) is 1.47. The minimum Gasteiger partial charge on any atom is -0.478 e. The number of aromatic carboxylic acids is 1. The molecule has 0 aliphatic carbocycles. The van der Waals surface area contributed by atoms with Crippen molar-refractivity contribution in [1.82, 2.24) is 10.6 Å². The molecule has 98 valence electrons. The standard InChI is InChI=1S/C14H20N2O2/c17-14(18)13-4-2-1-3-12(13)10-16-9-11-5-7-15-8-6-11/h1-4,11,15-16H,5-10H2,(H,17,18). The van der Waals surface area contributed by atoms with Gasteiger partial charge in [-0.3, -0.25) is 0 Å². The van der Waals surface area contributed by atoms with E-state index in [0.29, 0.717) is 18.0 Å². The highest BCUT2D eigenvalue weighted by Gasteiger charge is 2.13. The number of benzene rings is 1. The van der Waals surface area contributed by atoms with Crippen LogP contribution < -0.4 is 10.6 Å². The first-order chi connectivity index (χ1) is 8.77. The Morgan fingerprint density at radius 2 is 2.06 bits per heavy atom. The molecule has 18 heavy (non-hydrogen) atoms. The molecule has 0 bridgehead atoms. The first-order valence-electron chi connectivity index (χ1n) is 6.50. The van der Waals surface area contributed by atoms with Crippen LogP contribution in [0.25, 0.3) is 0 Å². The van der Waals surface area contributed by atoms with Crippen molar-refractivity contribution < 1.29 is 9.90 Å². The fourth-order valence-electron chi connectivity index (χ4n) is 2.38. The molecule has 1 heterocycles. The van der Waals surface area contributed by atoms with Gasteiger partial charge in [-0.1, -0.05) is 18.2 Å². The molecule has 0 amide bonds. The molecule has 0 spiro atoms. The Balaban J connectivity index is 1.84. The van der Waals surface area contributed by atoms with Gasteiger partial charge < -0.3 is 15.7 Å². The third-order valence-corrected chi connectivity index (χ3v) is 3.45. The summed E-state index contributed by atoms with van der Waals surface area (Å²) in [6.45, 7) is 3.79. The molecule has 4 heteroatoms. The topological polar surface area (TPSA) is 61.4 Å². The van der Waals surface area contributed by atoms with Crippen LogP contribution in [0.1, 0.15) is 28.8 Å². The van der Waals surface area contributed by atoms with Crippen LogP contribution in [0, 0.1) is 5.92 Å². The maximum absolute atomic E-state index is 11.1. The summed E-state index contributed by atoms with van der Waals surface area (Å²) >= 11 is 0. The van der Waals surface area contributed by atoms with Crippen LogP contribution in [-0.4, -0.2) is 30.7 Å². The van der Waals surface area contributed by atoms with Crippen LogP contribution in [-0.2, 0) is 6.54 Å². The minimum absolute atomic E-state index is 0.398. The molecule has 1 aromatic carbocycles. The number of nitrogens with one attached hydrogen (secondary N) is 2. The lowest BCUT2D eigenvalue weighted by Gasteiger charge is -2.23. The summed E-state index contributed by atoms with van der Waals surface area (Å²) in [5.74, 6) is -0.141. The predicted molar refractivity (Wildman–Crippen MR) is 70.7 cm³/mol. The number of hydrogen-bond donors (Lipinski definition) is 3. The van der Waals surface area contributed by atoms with Crippen LogP contribution in [0.15, 0.2) is 24.3 Å². The molecule has 4 nitrogen and oxygen atoms in total. The highest BCUT2D eigenvalue weighted by atomic mass is 16.4. The van der Waals surface area contributed by atoms with Gasteiger partial charge in [0.15, 0.2) is 0 Å². The zero-order valence-corrected chi connectivity index (χ0v) is 10.5. The zero-order chi connectivity index (χ0) is 12.8. The fourth-order valence-corrected chi connectivity index (χ4v) is 2.38. The van der Waals surface area contributed by atoms with Crippen LogP contribution >= 0.6 is 0 Å². The van der Waals surface area contributed by atoms with E-state index in [1.165, 1.54) is 12.8 Å². The van der Waals surface area contributed by atoms with Crippen molar-refractivity contribution in [3.63, 3.8) is 0 Å². The third kappa shape index (κ3) is 3.55. The van der Waals surface area contributed by atoms with Gasteiger partial charge in [-0.15, -0.1) is 0 Å². The Bertz CT molecular complexity index is 401. The number of rotatable bonds is 5. The second-order valence-electron chi connectivity index (χ2n) is 4.79. The van der Waals surface area contributed by atoms with E-state index in [0.717, 1.165) is 25.2 Å². The second kappa shape index (κ2) is 6.52. The summed E-state index contributed by atoms with van der Waals surface area (Å²) in [7, 11) is 0. The van der Waals surface area contributed by atoms with Crippen molar-refractivity contribution in [2.75, 3.05) is 19.6 Å². The lowest BCUT2D eigenvalue weighted by atomic mass is 9.98. The molecule has 1 aliphatic rings. The first kappa shape index (κ1) is 13.1. The van der Waals surface area contributed by atoms with Crippen LogP contribution in [0.4, 0.5) is 0 Å². The fraction of sp³-hybridized carbons (Fsp3) is 0.500. The smallest absolute Gasteiger partial charge is 0.336 e. The summed E-state index contributed by atoms with van der Waals surface area (Å²) in [5, 5.41) is 15.8. The number of carbonyl (C=O) groups is 1. The Morgan fingerprint density at radius 3 is 2.78 bits per heavy atom. The van der Waals surface area contributed by atoms with E-state index in [-0.39, 0.29) is 0 Å². The normalized spacial score (nSPS) is 16.7. The van der Waals surface area contributed by atoms with Gasteiger partial charge in [0.05, 0.1) is 5.56 Å². The second-order valence-corrected chi connectivity index (χ2v) is 4.79. The number of piperidine rings is 1. The van der Waals surface area contributed by atoms with Crippen molar-refractivity contribution in [2.45, 2.75) is 19.4 Å². The van der Waals surface area contributed by atoms with Gasteiger partial charge in [0.2, 0.25) is 0 Å². The highest BCUT2D eigenvalue weighted by molar-refractivity contribution is 5.89. The Labute approximate surface area is 107 Å². The Hall–Kier alpha value is -1.39. The summed E-state index contributed by atoms with van der Waals surface area (Å²) in [6.07, 6.45) is 2.40. The number of hydrogen-bond acceptors (Lipinski definition) is 3. The van der Waals surface area contributed by atoms with Gasteiger partial charge in [-0.25, -0.2) is 4.79 Å². The Kier molecular flexibility index (Phi) is 4.73. The maximum atomic E-state index is 11.1. The summed E-state index contributed by atoms with van der Waals surface area (Å²) < 4.78 is 0. The van der Waals surface area contributed by atoms with Gasteiger partial charge in [-0.05, 0) is 50.0 Å². The van der Waals surface area contributed by atoms with Crippen molar-refractivity contribution in [3.05, 3.63) is 35.4 Å². The molecule has 1 saturated heterocycles. The SMILES string of the molecule is O=C(O)c1ccccc1CNCC1CCNCC1. The molecule has 1 fully saturated rings. The minimum atomic E-state index is -0.853. The molecule has 2 rings (SSSR count). The van der Waals surface area contributed by atoms with E-state index >= 15 is 0 Å². The number of carboxylic acid groups (broad SMARTS) is 1. The van der Waals surface area contributed by atoms with Crippen molar-refractivity contribution in [3.8, 4) is 0 Å². The van der Waals surface area contributed by atoms with Gasteiger partial charge in [0.1, 0.15) is 0 Å². The Morgan fingerprint density at radius 1 is 1.33 bits per heavy atom. The summed E-state index contributed by atoms with van der Waals surface area (Å²) in [4.78, 5) is 11.1. The van der Waals surface area contributed by atoms with Crippen molar-refractivity contribution in [2.24, 2.45) is 5.92 Å². The van der Waals surface area contributed by atoms with E-state index in [1.54, 1.807) is 12.1 Å². The lowest BCUT2D eigenvalue weighted by molar-refractivity contribution is 0.0695. The molecule has 0 saturated carbocycles. The molecular formula is C14H20N2O2. The van der Waals surface area contributed by atoms with Crippen molar-refractivity contribution >= 4 is 5.97 Å². The molecule has 3 N–H and O–H groups in total. The van der Waals surface area contributed by atoms with Gasteiger partial charge in [0, 0.05) is 6.54 Å². The van der Waals surface area contributed by atoms with E-state index in [1.807, 2.05) is 12.1 Å². The lowest BCUT2D eigenvalue weighted by Crippen LogP contribution is -2.33. The quantitative estimate of drug-likeness (QED) is 0.738. The van der Waals surface area contributed by atoms with E-state index in [4.69, 9.17) is 5.11 Å². The highest BCUT2D eigenvalue weighted by Crippen LogP contribution is 2.12. The van der Waals surface area contributed by atoms with E-state index in [2.05, 4.69) is 10.6 Å². The molecular weight excluding hydrogens is 228 g/mol.